The minimum Gasteiger partial charge on any atom is -0.493 e. The first-order chi connectivity index (χ1) is 11.9. The van der Waals surface area contributed by atoms with Crippen LogP contribution >= 0.6 is 0 Å². The van der Waals surface area contributed by atoms with E-state index < -0.39 is 0 Å². The Bertz CT molecular complexity index is 613. The number of fused-ring (bicyclic) bond motifs is 1. The molecule has 0 spiro atoms. The van der Waals surface area contributed by atoms with Gasteiger partial charge in [-0.3, -0.25) is 4.79 Å². The van der Waals surface area contributed by atoms with E-state index in [1.165, 1.54) is 5.56 Å². The van der Waals surface area contributed by atoms with Gasteiger partial charge in [-0.2, -0.15) is 0 Å². The molecule has 25 heavy (non-hydrogen) atoms. The van der Waals surface area contributed by atoms with E-state index in [1.807, 2.05) is 18.2 Å². The van der Waals surface area contributed by atoms with Crippen LogP contribution in [0.3, 0.4) is 0 Å². The zero-order valence-corrected chi connectivity index (χ0v) is 15.9. The lowest BCUT2D eigenvalue weighted by atomic mass is 9.94. The molecular weight excluding hydrogens is 316 g/mol. The van der Waals surface area contributed by atoms with Gasteiger partial charge in [-0.25, -0.2) is 4.99 Å². The minimum absolute atomic E-state index is 0.0205. The quantitative estimate of drug-likeness (QED) is 0.609. The van der Waals surface area contributed by atoms with Crippen LogP contribution in [-0.4, -0.2) is 56.6 Å². The summed E-state index contributed by atoms with van der Waals surface area (Å²) >= 11 is 0. The van der Waals surface area contributed by atoms with Gasteiger partial charge in [0.1, 0.15) is 12.3 Å². The van der Waals surface area contributed by atoms with Gasteiger partial charge in [0.2, 0.25) is 5.91 Å². The third-order valence-corrected chi connectivity index (χ3v) is 4.25. The Morgan fingerprint density at radius 1 is 1.32 bits per heavy atom. The summed E-state index contributed by atoms with van der Waals surface area (Å²) in [5.41, 5.74) is 1.22. The van der Waals surface area contributed by atoms with Crippen molar-refractivity contribution in [1.29, 1.82) is 0 Å². The molecule has 0 saturated heterocycles. The molecule has 2 N–H and O–H groups in total. The van der Waals surface area contributed by atoms with Crippen LogP contribution in [-0.2, 0) is 4.79 Å². The van der Waals surface area contributed by atoms with Gasteiger partial charge in [-0.05, 0) is 18.9 Å². The van der Waals surface area contributed by atoms with Crippen molar-refractivity contribution < 1.29 is 9.53 Å². The topological polar surface area (TPSA) is 66.0 Å². The van der Waals surface area contributed by atoms with E-state index in [0.29, 0.717) is 18.5 Å². The molecule has 2 unspecified atom stereocenters. The number of rotatable bonds is 6. The first-order valence-electron chi connectivity index (χ1n) is 8.85. The zero-order chi connectivity index (χ0) is 18.4. The van der Waals surface area contributed by atoms with Crippen LogP contribution in [0.5, 0.6) is 5.75 Å². The summed E-state index contributed by atoms with van der Waals surface area (Å²) in [6.07, 6.45) is 0. The number of aliphatic imine (C=N–C) groups is 1. The molecule has 0 fully saturated rings. The minimum atomic E-state index is -0.0205. The average Bonchev–Trinajstić information content (AvgIpc) is 3.00. The lowest BCUT2D eigenvalue weighted by molar-refractivity contribution is -0.127. The fourth-order valence-corrected chi connectivity index (χ4v) is 2.66. The Morgan fingerprint density at radius 2 is 2.04 bits per heavy atom. The van der Waals surface area contributed by atoms with E-state index >= 15 is 0 Å². The highest BCUT2D eigenvalue weighted by molar-refractivity contribution is 5.85. The number of para-hydroxylation sites is 1. The second kappa shape index (κ2) is 8.74. The molecule has 0 saturated carbocycles. The fourth-order valence-electron chi connectivity index (χ4n) is 2.66. The normalized spacial score (nSPS) is 17.7. The highest BCUT2D eigenvalue weighted by atomic mass is 16.5. The maximum absolute atomic E-state index is 11.8. The van der Waals surface area contributed by atoms with Gasteiger partial charge in [0.05, 0.1) is 6.61 Å². The molecule has 1 aliphatic heterocycles. The summed E-state index contributed by atoms with van der Waals surface area (Å²) in [6, 6.07) is 8.28. The number of nitrogens with one attached hydrogen (secondary N) is 2. The van der Waals surface area contributed by atoms with Gasteiger partial charge in [-0.15, -0.1) is 0 Å². The number of nitrogens with zero attached hydrogens (tertiary/aromatic N) is 2. The van der Waals surface area contributed by atoms with Crippen molar-refractivity contribution in [3.63, 3.8) is 0 Å². The molecular formula is C19H30N4O2. The average molecular weight is 346 g/mol. The molecule has 1 aliphatic rings. The second-order valence-electron chi connectivity index (χ2n) is 7.12. The van der Waals surface area contributed by atoms with Gasteiger partial charge in [0, 0.05) is 38.2 Å². The van der Waals surface area contributed by atoms with E-state index in [9.17, 15) is 4.79 Å². The Kier molecular flexibility index (Phi) is 6.67. The summed E-state index contributed by atoms with van der Waals surface area (Å²) in [7, 11) is 3.48. The van der Waals surface area contributed by atoms with Crippen LogP contribution in [0, 0.1) is 5.92 Å². The molecule has 1 heterocycles. The molecule has 1 aromatic rings. The molecule has 2 rings (SSSR count). The van der Waals surface area contributed by atoms with E-state index in [-0.39, 0.29) is 24.4 Å². The van der Waals surface area contributed by atoms with Crippen molar-refractivity contribution in [3.8, 4) is 5.75 Å². The second-order valence-corrected chi connectivity index (χ2v) is 7.12. The van der Waals surface area contributed by atoms with Gasteiger partial charge in [0.25, 0.3) is 0 Å². The van der Waals surface area contributed by atoms with Crippen molar-refractivity contribution >= 4 is 11.9 Å². The molecule has 1 amide bonds. The first kappa shape index (κ1) is 19.1. The van der Waals surface area contributed by atoms with E-state index in [4.69, 9.17) is 4.74 Å². The van der Waals surface area contributed by atoms with E-state index in [0.717, 1.165) is 12.3 Å². The smallest absolute Gasteiger partial charge is 0.243 e. The van der Waals surface area contributed by atoms with E-state index in [2.05, 4.69) is 42.5 Å². The van der Waals surface area contributed by atoms with Gasteiger partial charge >= 0.3 is 0 Å². The molecule has 1 aromatic carbocycles. The third-order valence-electron chi connectivity index (χ3n) is 4.25. The van der Waals surface area contributed by atoms with Gasteiger partial charge in [-0.1, -0.05) is 32.0 Å². The number of carbonyl (C=O) groups is 1. The summed E-state index contributed by atoms with van der Waals surface area (Å²) in [6.45, 7) is 7.98. The largest absolute Gasteiger partial charge is 0.493 e. The molecule has 6 heteroatoms. The number of likely N-dealkylation sites (N-methyl/N-ethyl adjacent to an activating group) is 1. The monoisotopic (exact) mass is 346 g/mol. The van der Waals surface area contributed by atoms with Gasteiger partial charge < -0.3 is 20.3 Å². The van der Waals surface area contributed by atoms with Crippen LogP contribution in [0.2, 0.25) is 0 Å². The van der Waals surface area contributed by atoms with Crippen molar-refractivity contribution in [3.05, 3.63) is 29.8 Å². The number of carbonyl (C=O) groups excluding carboxylic acids is 1. The summed E-state index contributed by atoms with van der Waals surface area (Å²) in [5.74, 6) is 2.35. The van der Waals surface area contributed by atoms with Crippen LogP contribution in [0.15, 0.2) is 29.3 Å². The maximum atomic E-state index is 11.8. The van der Waals surface area contributed by atoms with Crippen LogP contribution < -0.4 is 15.4 Å². The molecule has 0 aromatic heterocycles. The van der Waals surface area contributed by atoms with Crippen molar-refractivity contribution in [2.45, 2.75) is 32.7 Å². The summed E-state index contributed by atoms with van der Waals surface area (Å²) < 4.78 is 5.78. The lowest BCUT2D eigenvalue weighted by Crippen LogP contribution is -2.46. The van der Waals surface area contributed by atoms with Crippen LogP contribution in [0.25, 0.3) is 0 Å². The Morgan fingerprint density at radius 3 is 2.72 bits per heavy atom. The maximum Gasteiger partial charge on any atom is 0.243 e. The van der Waals surface area contributed by atoms with Crippen molar-refractivity contribution in [1.82, 2.24) is 15.5 Å². The Labute approximate surface area is 150 Å². The highest BCUT2D eigenvalue weighted by Crippen LogP contribution is 2.35. The summed E-state index contributed by atoms with van der Waals surface area (Å²) in [5, 5.41) is 6.76. The van der Waals surface area contributed by atoms with Crippen molar-refractivity contribution in [2.75, 3.05) is 33.8 Å². The van der Waals surface area contributed by atoms with E-state index in [1.54, 1.807) is 19.0 Å². The molecule has 138 valence electrons. The number of benzene rings is 1. The van der Waals surface area contributed by atoms with Crippen LogP contribution in [0.1, 0.15) is 32.3 Å². The summed E-state index contributed by atoms with van der Waals surface area (Å²) in [4.78, 5) is 17.8. The number of ether oxygens (including phenoxy) is 1. The molecule has 6 nitrogen and oxygen atoms in total. The molecule has 2 atom stereocenters. The first-order valence-corrected chi connectivity index (χ1v) is 8.85. The molecule has 0 aliphatic carbocycles. The SMILES string of the molecule is CC(C)CNC(=NCC(=O)N(C)C)NC(C)C1COc2ccccc21. The number of amides is 1. The number of hydrogen-bond donors (Lipinski definition) is 2. The number of hydrogen-bond acceptors (Lipinski definition) is 3. The standard InChI is InChI=1S/C19H30N4O2/c1-13(2)10-20-19(21-11-18(24)23(4)5)22-14(3)16-12-25-17-9-7-6-8-15(16)17/h6-9,13-14,16H,10-12H2,1-5H3,(H2,20,21,22). The zero-order valence-electron chi connectivity index (χ0n) is 15.9. The third kappa shape index (κ3) is 5.37. The van der Waals surface area contributed by atoms with Gasteiger partial charge in [0.15, 0.2) is 5.96 Å². The molecule has 0 bridgehead atoms. The Hall–Kier alpha value is -2.24. The lowest BCUT2D eigenvalue weighted by Gasteiger charge is -2.23. The molecule has 0 radical (unpaired) electrons. The van der Waals surface area contributed by atoms with Crippen molar-refractivity contribution in [2.24, 2.45) is 10.9 Å². The predicted molar refractivity (Wildman–Crippen MR) is 101 cm³/mol. The van der Waals surface area contributed by atoms with Crippen LogP contribution in [0.4, 0.5) is 0 Å². The fraction of sp³-hybridized carbons (Fsp3) is 0.579. The predicted octanol–water partition coefficient (Wildman–Crippen LogP) is 1.83. The highest BCUT2D eigenvalue weighted by Gasteiger charge is 2.29. The number of guanidine groups is 1. The Balaban J connectivity index is 2.05.